The van der Waals surface area contributed by atoms with Gasteiger partial charge in [0.05, 0.1) is 11.4 Å². The van der Waals surface area contributed by atoms with E-state index in [2.05, 4.69) is 20.6 Å². The molecule has 0 aliphatic heterocycles. The van der Waals surface area contributed by atoms with E-state index in [1.54, 1.807) is 6.92 Å². The summed E-state index contributed by atoms with van der Waals surface area (Å²) in [6.45, 7) is 2.79. The van der Waals surface area contributed by atoms with Gasteiger partial charge in [-0.2, -0.15) is 0 Å². The van der Waals surface area contributed by atoms with Crippen molar-refractivity contribution in [1.82, 2.24) is 9.97 Å². The van der Waals surface area contributed by atoms with E-state index < -0.39 is 23.4 Å². The van der Waals surface area contributed by atoms with Crippen molar-refractivity contribution in [2.75, 3.05) is 10.6 Å². The summed E-state index contributed by atoms with van der Waals surface area (Å²) in [6.07, 6.45) is 1.39. The van der Waals surface area contributed by atoms with Crippen molar-refractivity contribution in [3.8, 4) is 0 Å². The maximum atomic E-state index is 13.7. The predicted octanol–water partition coefficient (Wildman–Crippen LogP) is 2.27. The Kier molecular flexibility index (Phi) is 4.40. The van der Waals surface area contributed by atoms with Crippen molar-refractivity contribution in [2.24, 2.45) is 0 Å². The van der Waals surface area contributed by atoms with Gasteiger partial charge in [0.1, 0.15) is 23.2 Å². The lowest BCUT2D eigenvalue weighted by Crippen LogP contribution is -2.16. The van der Waals surface area contributed by atoms with E-state index in [-0.39, 0.29) is 17.1 Å². The first-order chi connectivity index (χ1) is 10.4. The van der Waals surface area contributed by atoms with E-state index in [4.69, 9.17) is 0 Å². The van der Waals surface area contributed by atoms with E-state index in [1.807, 2.05) is 0 Å². The molecule has 1 aromatic heterocycles. The summed E-state index contributed by atoms with van der Waals surface area (Å²) in [6, 6.07) is 2.93. The largest absolute Gasteiger partial charge is 0.324 e. The zero-order chi connectivity index (χ0) is 16.3. The molecule has 0 saturated carbocycles. The summed E-state index contributed by atoms with van der Waals surface area (Å²) in [7, 11) is 0. The SMILES string of the molecule is CC(=O)Nc1cc(NC(=O)c2ccnc(C)n2)c(F)cc1F. The van der Waals surface area contributed by atoms with Gasteiger partial charge >= 0.3 is 0 Å². The van der Waals surface area contributed by atoms with Gasteiger partial charge in [0.25, 0.3) is 5.91 Å². The van der Waals surface area contributed by atoms with Crippen molar-refractivity contribution in [3.63, 3.8) is 0 Å². The second-order valence-corrected chi connectivity index (χ2v) is 4.44. The lowest BCUT2D eigenvalue weighted by Gasteiger charge is -2.10. The van der Waals surface area contributed by atoms with Gasteiger partial charge in [0.2, 0.25) is 5.91 Å². The van der Waals surface area contributed by atoms with Crippen LogP contribution in [0.15, 0.2) is 24.4 Å². The average Bonchev–Trinajstić information content (AvgIpc) is 2.43. The quantitative estimate of drug-likeness (QED) is 0.911. The van der Waals surface area contributed by atoms with Gasteiger partial charge in [-0.05, 0) is 19.1 Å². The molecule has 114 valence electrons. The number of benzene rings is 1. The first kappa shape index (κ1) is 15.5. The zero-order valence-electron chi connectivity index (χ0n) is 11.8. The van der Waals surface area contributed by atoms with Crippen LogP contribution >= 0.6 is 0 Å². The fraction of sp³-hybridized carbons (Fsp3) is 0.143. The molecule has 6 nitrogen and oxygen atoms in total. The third-order valence-electron chi connectivity index (χ3n) is 2.62. The number of carbonyl (C=O) groups is 2. The number of anilines is 2. The topological polar surface area (TPSA) is 84.0 Å². The smallest absolute Gasteiger partial charge is 0.274 e. The fourth-order valence-electron chi connectivity index (χ4n) is 1.70. The maximum Gasteiger partial charge on any atom is 0.274 e. The van der Waals surface area contributed by atoms with Crippen molar-refractivity contribution in [3.05, 3.63) is 47.5 Å². The lowest BCUT2D eigenvalue weighted by molar-refractivity contribution is -0.114. The molecule has 1 aromatic carbocycles. The second-order valence-electron chi connectivity index (χ2n) is 4.44. The number of nitrogens with zero attached hydrogens (tertiary/aromatic N) is 2. The standard InChI is InChI=1S/C14H12F2N4O2/c1-7-17-4-3-11(18-7)14(22)20-13-6-12(19-8(2)21)9(15)5-10(13)16/h3-6H,1-2H3,(H,19,21)(H,20,22). The molecule has 0 bridgehead atoms. The summed E-state index contributed by atoms with van der Waals surface area (Å²) >= 11 is 0. The highest BCUT2D eigenvalue weighted by atomic mass is 19.1. The van der Waals surface area contributed by atoms with Crippen LogP contribution < -0.4 is 10.6 Å². The molecule has 2 amide bonds. The van der Waals surface area contributed by atoms with Crippen molar-refractivity contribution in [1.29, 1.82) is 0 Å². The van der Waals surface area contributed by atoms with Crippen molar-refractivity contribution in [2.45, 2.75) is 13.8 Å². The van der Waals surface area contributed by atoms with Gasteiger partial charge in [-0.15, -0.1) is 0 Å². The number of nitrogens with one attached hydrogen (secondary N) is 2. The third kappa shape index (κ3) is 3.60. The van der Waals surface area contributed by atoms with Gasteiger partial charge in [0.15, 0.2) is 0 Å². The highest BCUT2D eigenvalue weighted by Gasteiger charge is 2.15. The Balaban J connectivity index is 2.29. The van der Waals surface area contributed by atoms with Gasteiger partial charge in [-0.25, -0.2) is 18.7 Å². The summed E-state index contributed by atoms with van der Waals surface area (Å²) in [5, 5.41) is 4.48. The molecule has 0 aliphatic rings. The number of aromatic nitrogens is 2. The minimum Gasteiger partial charge on any atom is -0.324 e. The Morgan fingerprint density at radius 2 is 1.73 bits per heavy atom. The molecule has 0 unspecified atom stereocenters. The van der Waals surface area contributed by atoms with Crippen LogP contribution in [0.5, 0.6) is 0 Å². The zero-order valence-corrected chi connectivity index (χ0v) is 11.8. The van der Waals surface area contributed by atoms with Gasteiger partial charge < -0.3 is 10.6 Å². The Morgan fingerprint density at radius 1 is 1.09 bits per heavy atom. The van der Waals surface area contributed by atoms with Crippen LogP contribution in [-0.4, -0.2) is 21.8 Å². The predicted molar refractivity (Wildman–Crippen MR) is 75.4 cm³/mol. The summed E-state index contributed by atoms with van der Waals surface area (Å²) in [4.78, 5) is 30.7. The van der Waals surface area contributed by atoms with E-state index in [1.165, 1.54) is 19.2 Å². The molecule has 0 aliphatic carbocycles. The molecule has 2 rings (SSSR count). The van der Waals surface area contributed by atoms with Crippen LogP contribution in [0.25, 0.3) is 0 Å². The molecule has 2 N–H and O–H groups in total. The highest BCUT2D eigenvalue weighted by molar-refractivity contribution is 6.03. The second kappa shape index (κ2) is 6.25. The van der Waals surface area contributed by atoms with E-state index in [9.17, 15) is 18.4 Å². The molecule has 0 spiro atoms. The normalized spacial score (nSPS) is 10.2. The Morgan fingerprint density at radius 3 is 2.32 bits per heavy atom. The van der Waals surface area contributed by atoms with Gasteiger partial charge in [0, 0.05) is 19.2 Å². The molecular weight excluding hydrogens is 294 g/mol. The van der Waals surface area contributed by atoms with E-state index >= 15 is 0 Å². The molecule has 1 heterocycles. The van der Waals surface area contributed by atoms with E-state index in [0.717, 1.165) is 6.07 Å². The van der Waals surface area contributed by atoms with Crippen LogP contribution in [0.1, 0.15) is 23.2 Å². The molecule has 2 aromatic rings. The van der Waals surface area contributed by atoms with Gasteiger partial charge in [-0.1, -0.05) is 0 Å². The third-order valence-corrected chi connectivity index (χ3v) is 2.62. The number of halogens is 2. The molecule has 0 radical (unpaired) electrons. The molecule has 0 fully saturated rings. The Labute approximate surface area is 124 Å². The average molecular weight is 306 g/mol. The number of hydrogen-bond donors (Lipinski definition) is 2. The van der Waals surface area contributed by atoms with Crippen LogP contribution in [0.2, 0.25) is 0 Å². The minimum atomic E-state index is -0.967. The van der Waals surface area contributed by atoms with E-state index in [0.29, 0.717) is 11.9 Å². The maximum absolute atomic E-state index is 13.7. The number of aryl methyl sites for hydroxylation is 1. The number of rotatable bonds is 3. The Bertz CT molecular complexity index is 750. The summed E-state index contributed by atoms with van der Waals surface area (Å²) < 4.78 is 27.2. The Hall–Kier alpha value is -2.90. The minimum absolute atomic E-state index is 0.0392. The molecular formula is C14H12F2N4O2. The number of amides is 2. The molecule has 0 atom stereocenters. The van der Waals surface area contributed by atoms with Gasteiger partial charge in [-0.3, -0.25) is 9.59 Å². The highest BCUT2D eigenvalue weighted by Crippen LogP contribution is 2.23. The van der Waals surface area contributed by atoms with Crippen molar-refractivity contribution < 1.29 is 18.4 Å². The fourth-order valence-corrected chi connectivity index (χ4v) is 1.70. The van der Waals surface area contributed by atoms with Crippen LogP contribution in [0, 0.1) is 18.6 Å². The first-order valence-corrected chi connectivity index (χ1v) is 6.24. The number of carbonyl (C=O) groups excluding carboxylic acids is 2. The van der Waals surface area contributed by atoms with Crippen LogP contribution in [0.3, 0.4) is 0 Å². The van der Waals surface area contributed by atoms with Crippen molar-refractivity contribution >= 4 is 23.2 Å². The number of hydrogen-bond acceptors (Lipinski definition) is 4. The van der Waals surface area contributed by atoms with Crippen LogP contribution in [-0.2, 0) is 4.79 Å². The monoisotopic (exact) mass is 306 g/mol. The summed E-state index contributed by atoms with van der Waals surface area (Å²) in [5.41, 5.74) is -0.466. The van der Waals surface area contributed by atoms with Crippen LogP contribution in [0.4, 0.5) is 20.2 Å². The first-order valence-electron chi connectivity index (χ1n) is 6.24. The molecule has 8 heteroatoms. The summed E-state index contributed by atoms with van der Waals surface area (Å²) in [5.74, 6) is -2.72. The lowest BCUT2D eigenvalue weighted by atomic mass is 10.2. The molecule has 22 heavy (non-hydrogen) atoms. The molecule has 0 saturated heterocycles.